The first-order valence-corrected chi connectivity index (χ1v) is 10.8. The zero-order valence-electron chi connectivity index (χ0n) is 17.2. The molecular weight excluding hydrogens is 448 g/mol. The third-order valence-corrected chi connectivity index (χ3v) is 5.56. The van der Waals surface area contributed by atoms with E-state index in [4.69, 9.17) is 5.84 Å². The molecule has 4 rings (SSSR count). The Hall–Kier alpha value is -3.92. The first-order chi connectivity index (χ1) is 16.0. The van der Waals surface area contributed by atoms with Crippen molar-refractivity contribution in [3.05, 3.63) is 78.9 Å². The maximum atomic E-state index is 12.6. The Kier molecular flexibility index (Phi) is 6.84. The summed E-state index contributed by atoms with van der Waals surface area (Å²) in [5.74, 6) is 6.29. The van der Waals surface area contributed by atoms with E-state index in [9.17, 15) is 13.6 Å². The summed E-state index contributed by atoms with van der Waals surface area (Å²) in [6.45, 7) is -2.90. The van der Waals surface area contributed by atoms with E-state index in [0.717, 1.165) is 22.9 Å². The number of carbonyl (C=O) groups excluding carboxylic acids is 1. The number of nitrogen functional groups attached to an aromatic ring is 1. The zero-order chi connectivity index (χ0) is 23.2. The van der Waals surface area contributed by atoms with Gasteiger partial charge in [-0.05, 0) is 35.9 Å². The number of hydrogen-bond acceptors (Lipinski definition) is 6. The number of ether oxygens (including phenoxy) is 1. The average molecular weight is 468 g/mol. The van der Waals surface area contributed by atoms with E-state index in [1.54, 1.807) is 12.1 Å². The van der Waals surface area contributed by atoms with E-state index in [0.29, 0.717) is 22.2 Å². The van der Waals surface area contributed by atoms with Crippen molar-refractivity contribution < 1.29 is 18.3 Å². The maximum absolute atomic E-state index is 12.6. The first-order valence-electron chi connectivity index (χ1n) is 9.84. The minimum atomic E-state index is -2.90. The molecule has 10 heteroatoms. The van der Waals surface area contributed by atoms with Crippen molar-refractivity contribution in [3.63, 3.8) is 0 Å². The van der Waals surface area contributed by atoms with Gasteiger partial charge in [-0.25, -0.2) is 4.68 Å². The van der Waals surface area contributed by atoms with Crippen LogP contribution in [0.25, 0.3) is 22.5 Å². The van der Waals surface area contributed by atoms with Crippen molar-refractivity contribution in [2.24, 2.45) is 0 Å². The normalized spacial score (nSPS) is 10.9. The molecule has 1 aromatic heterocycles. The van der Waals surface area contributed by atoms with Crippen LogP contribution in [0.5, 0.6) is 5.75 Å². The highest BCUT2D eigenvalue weighted by Gasteiger charge is 2.15. The molecule has 33 heavy (non-hydrogen) atoms. The molecule has 0 saturated carbocycles. The molecule has 1 heterocycles. The molecule has 0 radical (unpaired) electrons. The van der Waals surface area contributed by atoms with Crippen LogP contribution in [0.3, 0.4) is 0 Å². The van der Waals surface area contributed by atoms with Gasteiger partial charge in [0.05, 0.1) is 5.75 Å². The van der Waals surface area contributed by atoms with E-state index in [2.05, 4.69) is 20.3 Å². The number of aromatic nitrogens is 3. The van der Waals surface area contributed by atoms with Gasteiger partial charge in [-0.15, -0.1) is 10.2 Å². The van der Waals surface area contributed by atoms with Crippen molar-refractivity contribution in [2.75, 3.05) is 16.9 Å². The molecule has 0 aliphatic heterocycles. The second kappa shape index (κ2) is 10.1. The summed E-state index contributed by atoms with van der Waals surface area (Å²) in [7, 11) is 0. The number of nitrogens with zero attached hydrogens (tertiary/aromatic N) is 3. The summed E-state index contributed by atoms with van der Waals surface area (Å²) >= 11 is 1.13. The molecule has 168 valence electrons. The second-order valence-corrected chi connectivity index (χ2v) is 7.77. The van der Waals surface area contributed by atoms with Crippen molar-refractivity contribution in [2.45, 2.75) is 11.8 Å². The molecule has 0 bridgehead atoms. The number of para-hydroxylation sites is 1. The summed E-state index contributed by atoms with van der Waals surface area (Å²) in [5, 5.41) is 11.3. The SMILES string of the molecule is Nn1c(SCC(=O)Nc2ccccc2-c2ccccc2)nnc1-c1ccc(OC(F)F)cc1. The van der Waals surface area contributed by atoms with Crippen LogP contribution in [-0.4, -0.2) is 33.1 Å². The Morgan fingerprint density at radius 3 is 2.39 bits per heavy atom. The minimum Gasteiger partial charge on any atom is -0.435 e. The van der Waals surface area contributed by atoms with E-state index in [1.807, 2.05) is 54.6 Å². The van der Waals surface area contributed by atoms with Crippen LogP contribution in [-0.2, 0) is 4.79 Å². The van der Waals surface area contributed by atoms with Gasteiger partial charge in [0.15, 0.2) is 5.82 Å². The maximum Gasteiger partial charge on any atom is 0.387 e. The van der Waals surface area contributed by atoms with Gasteiger partial charge >= 0.3 is 6.61 Å². The number of anilines is 1. The summed E-state index contributed by atoms with van der Waals surface area (Å²) in [5.41, 5.74) is 3.19. The number of rotatable bonds is 8. The smallest absolute Gasteiger partial charge is 0.387 e. The number of benzene rings is 3. The third kappa shape index (κ3) is 5.47. The van der Waals surface area contributed by atoms with Gasteiger partial charge in [-0.3, -0.25) is 4.79 Å². The molecule has 0 fully saturated rings. The Balaban J connectivity index is 1.41. The fraction of sp³-hybridized carbons (Fsp3) is 0.0870. The molecule has 0 aliphatic rings. The lowest BCUT2D eigenvalue weighted by Crippen LogP contribution is -2.16. The Labute approximate surface area is 192 Å². The van der Waals surface area contributed by atoms with Crippen LogP contribution in [0, 0.1) is 0 Å². The topological polar surface area (TPSA) is 95.1 Å². The number of amides is 1. The molecule has 1 amide bonds. The molecule has 0 saturated heterocycles. The number of halogens is 2. The fourth-order valence-corrected chi connectivity index (χ4v) is 3.79. The van der Waals surface area contributed by atoms with Gasteiger partial charge in [0, 0.05) is 16.8 Å². The second-order valence-electron chi connectivity index (χ2n) is 6.83. The quantitative estimate of drug-likeness (QED) is 0.289. The number of nitrogens with two attached hydrogens (primary N) is 1. The van der Waals surface area contributed by atoms with Crippen LogP contribution in [0.4, 0.5) is 14.5 Å². The highest BCUT2D eigenvalue weighted by molar-refractivity contribution is 7.99. The fourth-order valence-electron chi connectivity index (χ4n) is 3.14. The van der Waals surface area contributed by atoms with Crippen LogP contribution < -0.4 is 15.9 Å². The number of alkyl halides is 2. The van der Waals surface area contributed by atoms with Gasteiger partial charge in [-0.2, -0.15) is 8.78 Å². The third-order valence-electron chi connectivity index (χ3n) is 4.62. The molecule has 0 spiro atoms. The average Bonchev–Trinajstić information content (AvgIpc) is 3.19. The van der Waals surface area contributed by atoms with Crippen molar-refractivity contribution in [1.29, 1.82) is 0 Å². The van der Waals surface area contributed by atoms with Crippen LogP contribution in [0.1, 0.15) is 0 Å². The predicted octanol–water partition coefficient (Wildman–Crippen LogP) is 4.66. The van der Waals surface area contributed by atoms with Crippen LogP contribution >= 0.6 is 11.8 Å². The van der Waals surface area contributed by atoms with Crippen LogP contribution in [0.15, 0.2) is 84.0 Å². The minimum absolute atomic E-state index is 0.0268. The van der Waals surface area contributed by atoms with Gasteiger partial charge in [-0.1, -0.05) is 60.3 Å². The molecule has 4 aromatic rings. The molecule has 0 atom stereocenters. The van der Waals surface area contributed by atoms with E-state index < -0.39 is 6.61 Å². The Morgan fingerprint density at radius 2 is 1.67 bits per heavy atom. The van der Waals surface area contributed by atoms with E-state index >= 15 is 0 Å². The first kappa shape index (κ1) is 22.3. The van der Waals surface area contributed by atoms with E-state index in [-0.39, 0.29) is 17.4 Å². The highest BCUT2D eigenvalue weighted by atomic mass is 32.2. The zero-order valence-corrected chi connectivity index (χ0v) is 18.0. The Bertz CT molecular complexity index is 1230. The monoisotopic (exact) mass is 467 g/mol. The standard InChI is InChI=1S/C23H19F2N5O2S/c24-22(25)32-17-12-10-16(11-13-17)21-28-29-23(30(21)26)33-14-20(31)27-19-9-5-4-8-18(19)15-6-2-1-3-7-15/h1-13,22H,14,26H2,(H,27,31). The molecule has 0 aliphatic carbocycles. The van der Waals surface area contributed by atoms with E-state index in [1.165, 1.54) is 16.8 Å². The van der Waals surface area contributed by atoms with Crippen molar-refractivity contribution in [1.82, 2.24) is 14.9 Å². The molecule has 7 nitrogen and oxygen atoms in total. The van der Waals surface area contributed by atoms with Gasteiger partial charge in [0.2, 0.25) is 11.1 Å². The summed E-state index contributed by atoms with van der Waals surface area (Å²) in [6.07, 6.45) is 0. The summed E-state index contributed by atoms with van der Waals surface area (Å²) in [4.78, 5) is 12.6. The largest absolute Gasteiger partial charge is 0.435 e. The molecule has 0 unspecified atom stereocenters. The van der Waals surface area contributed by atoms with Crippen molar-refractivity contribution >= 4 is 23.4 Å². The van der Waals surface area contributed by atoms with Crippen LogP contribution in [0.2, 0.25) is 0 Å². The molecule has 3 aromatic carbocycles. The lowest BCUT2D eigenvalue weighted by molar-refractivity contribution is -0.113. The predicted molar refractivity (Wildman–Crippen MR) is 123 cm³/mol. The van der Waals surface area contributed by atoms with Gasteiger partial charge in [0.1, 0.15) is 5.75 Å². The lowest BCUT2D eigenvalue weighted by atomic mass is 10.0. The van der Waals surface area contributed by atoms with Crippen molar-refractivity contribution in [3.8, 4) is 28.3 Å². The Morgan fingerprint density at radius 1 is 0.970 bits per heavy atom. The number of hydrogen-bond donors (Lipinski definition) is 2. The van der Waals surface area contributed by atoms with Gasteiger partial charge in [0.25, 0.3) is 0 Å². The number of nitrogens with one attached hydrogen (secondary N) is 1. The lowest BCUT2D eigenvalue weighted by Gasteiger charge is -2.11. The highest BCUT2D eigenvalue weighted by Crippen LogP contribution is 2.28. The molecule has 3 N–H and O–H groups in total. The summed E-state index contributed by atoms with van der Waals surface area (Å²) in [6, 6.07) is 23.2. The number of carbonyl (C=O) groups is 1. The molecular formula is C23H19F2N5O2S. The summed E-state index contributed by atoms with van der Waals surface area (Å²) < 4.78 is 30.2. The van der Waals surface area contributed by atoms with Gasteiger partial charge < -0.3 is 15.9 Å². The number of thioether (sulfide) groups is 1.